The smallest absolute Gasteiger partial charge is 0.870 e. The Labute approximate surface area is 83.8 Å². The van der Waals surface area contributed by atoms with Gasteiger partial charge in [-0.2, -0.15) is 0 Å². The van der Waals surface area contributed by atoms with Crippen molar-refractivity contribution in [2.45, 2.75) is 0 Å². The molecule has 5 nitrogen and oxygen atoms in total. The van der Waals surface area contributed by atoms with Crippen LogP contribution in [-0.2, 0) is 26.9 Å². The van der Waals surface area contributed by atoms with Gasteiger partial charge in [-0.3, -0.25) is 4.57 Å². The van der Waals surface area contributed by atoms with Crippen molar-refractivity contribution in [3.63, 3.8) is 0 Å². The largest absolute Gasteiger partial charge is 1.00 e. The zero-order valence-electron chi connectivity index (χ0n) is 3.91. The zero-order chi connectivity index (χ0) is 4.50. The van der Waals surface area contributed by atoms with E-state index in [0.29, 0.717) is 0 Å². The summed E-state index contributed by atoms with van der Waals surface area (Å²) >= 11 is 0. The summed E-state index contributed by atoms with van der Waals surface area (Å²) in [5.41, 5.74) is 0. The van der Waals surface area contributed by atoms with E-state index in [-0.39, 0.29) is 57.4 Å². The summed E-state index contributed by atoms with van der Waals surface area (Å²) in [5.74, 6) is 0. The van der Waals surface area contributed by atoms with Crippen molar-refractivity contribution in [2.24, 2.45) is 0 Å². The minimum Gasteiger partial charge on any atom is -0.870 e. The van der Waals surface area contributed by atoms with Gasteiger partial charge in [0, 0.05) is 0 Å². The maximum Gasteiger partial charge on any atom is 1.00 e. The molecule has 0 aliphatic heterocycles. The van der Waals surface area contributed by atoms with Crippen molar-refractivity contribution >= 4 is 7.82 Å². The number of rotatable bonds is 0. The van der Waals surface area contributed by atoms with Gasteiger partial charge in [0.15, 0.2) is 0 Å². The fourth-order valence-electron chi connectivity index (χ4n) is 0. The molecule has 0 aromatic rings. The number of phosphoric acid groups is 1. The van der Waals surface area contributed by atoms with Crippen LogP contribution in [0.1, 0.15) is 0 Å². The Hall–Kier alpha value is 1.81. The zero-order valence-corrected chi connectivity index (χ0v) is 8.28. The molecule has 0 atom stereocenters. The Morgan fingerprint density at radius 3 is 1.38 bits per heavy atom. The Balaban J connectivity index is -0.0000000267. The van der Waals surface area contributed by atoms with Crippen molar-refractivity contribution in [3.8, 4) is 0 Å². The van der Waals surface area contributed by atoms with Gasteiger partial charge in [-0.15, -0.1) is 0 Å². The average molecular weight is 245 g/mol. The molecule has 50 valence electrons. The number of hydrogen-bond acceptors (Lipinski definition) is 3. The third kappa shape index (κ3) is 111. The molecule has 0 aromatic carbocycles. The van der Waals surface area contributed by atoms with Crippen LogP contribution in [-0.4, -0.2) is 15.3 Å². The Kier molecular flexibility index (Phi) is 24.8. The maximum absolute atomic E-state index is 8.77. The average Bonchev–Trinajstić information content (AvgIpc) is 0.722. The van der Waals surface area contributed by atoms with E-state index in [9.17, 15) is 0 Å². The second kappa shape index (κ2) is 8.81. The van der Waals surface area contributed by atoms with E-state index >= 15 is 0 Å². The van der Waals surface area contributed by atoms with Crippen molar-refractivity contribution in [3.05, 3.63) is 0 Å². The van der Waals surface area contributed by atoms with Crippen LogP contribution in [0.15, 0.2) is 0 Å². The van der Waals surface area contributed by atoms with Gasteiger partial charge in [0.2, 0.25) is 0 Å². The third-order valence-electron chi connectivity index (χ3n) is 0. The van der Waals surface area contributed by atoms with Crippen LogP contribution < -0.4 is 34.5 Å². The van der Waals surface area contributed by atoms with E-state index in [1.807, 2.05) is 0 Å². The van der Waals surface area contributed by atoms with Gasteiger partial charge in [-0.1, -0.05) is 0 Å². The Bertz CT molecular complexity index is 58.6. The molecule has 0 bridgehead atoms. The van der Waals surface area contributed by atoms with Crippen LogP contribution in [0.3, 0.4) is 0 Å². The fourth-order valence-corrected chi connectivity index (χ4v) is 0. The quantitative estimate of drug-likeness (QED) is 0.329. The monoisotopic (exact) mass is 244 g/mol. The number of hydrogen-bond donors (Lipinski definition) is 2. The second-order valence-electron chi connectivity index (χ2n) is 0.491. The van der Waals surface area contributed by atoms with Gasteiger partial charge in [0.1, 0.15) is 0 Å². The molecule has 3 N–H and O–H groups in total. The minimum absolute atomic E-state index is 0. The van der Waals surface area contributed by atoms with Gasteiger partial charge in [0.25, 0.3) is 7.82 Å². The SMILES string of the molecule is O=P([O-])(O)O.[Ag+].[Na+].[OH-]. The first kappa shape index (κ1) is 22.6. The van der Waals surface area contributed by atoms with E-state index < -0.39 is 7.82 Å². The molecule has 0 spiro atoms. The standard InChI is InChI=1S/Ag.Na.H3O4P.H2O/c;;1-5(2,3)4;/h;;(H3,1,2,3,4);1H2/q2*+1;;/p-2. The molecule has 8 heavy (non-hydrogen) atoms. The van der Waals surface area contributed by atoms with Crippen LogP contribution in [0, 0.1) is 0 Å². The molecule has 0 aliphatic rings. The first-order valence-corrected chi connectivity index (χ1v) is 2.30. The normalized spacial score (nSPS) is 7.38. The summed E-state index contributed by atoms with van der Waals surface area (Å²) in [5, 5.41) is 0. The van der Waals surface area contributed by atoms with Gasteiger partial charge in [-0.05, 0) is 0 Å². The van der Waals surface area contributed by atoms with Gasteiger partial charge in [0.05, 0.1) is 0 Å². The Morgan fingerprint density at radius 2 is 1.38 bits per heavy atom. The molecule has 0 amide bonds. The van der Waals surface area contributed by atoms with Gasteiger partial charge in [-0.25, -0.2) is 0 Å². The third-order valence-corrected chi connectivity index (χ3v) is 0. The van der Waals surface area contributed by atoms with E-state index in [0.717, 1.165) is 0 Å². The second-order valence-corrected chi connectivity index (χ2v) is 1.47. The molecule has 0 aromatic heterocycles. The van der Waals surface area contributed by atoms with Crippen LogP contribution in [0.4, 0.5) is 0 Å². The molecule has 0 aliphatic carbocycles. The molecule has 0 saturated carbocycles. The molecule has 0 fully saturated rings. The van der Waals surface area contributed by atoms with E-state index in [2.05, 4.69) is 0 Å². The van der Waals surface area contributed by atoms with Crippen LogP contribution >= 0.6 is 7.82 Å². The van der Waals surface area contributed by atoms with Crippen LogP contribution in [0.2, 0.25) is 0 Å². The first-order valence-electron chi connectivity index (χ1n) is 0.765. The maximum atomic E-state index is 8.77. The van der Waals surface area contributed by atoms with Crippen molar-refractivity contribution < 1.29 is 76.7 Å². The Morgan fingerprint density at radius 1 is 1.38 bits per heavy atom. The summed E-state index contributed by atoms with van der Waals surface area (Å²) in [4.78, 5) is 22.9. The summed E-state index contributed by atoms with van der Waals surface area (Å²) in [6, 6.07) is 0. The van der Waals surface area contributed by atoms with Crippen molar-refractivity contribution in [1.82, 2.24) is 0 Å². The molecular formula is H3AgNaO5P. The van der Waals surface area contributed by atoms with E-state index in [1.165, 1.54) is 0 Å². The van der Waals surface area contributed by atoms with E-state index in [1.54, 1.807) is 0 Å². The van der Waals surface area contributed by atoms with Crippen LogP contribution in [0.25, 0.3) is 0 Å². The van der Waals surface area contributed by atoms with Crippen LogP contribution in [0.5, 0.6) is 0 Å². The molecule has 0 unspecified atom stereocenters. The van der Waals surface area contributed by atoms with Crippen molar-refractivity contribution in [1.29, 1.82) is 0 Å². The van der Waals surface area contributed by atoms with Crippen molar-refractivity contribution in [2.75, 3.05) is 0 Å². The summed E-state index contributed by atoms with van der Waals surface area (Å²) in [7, 11) is -4.89. The first-order chi connectivity index (χ1) is 2.00. The molecule has 0 saturated heterocycles. The fraction of sp³-hybridized carbons (Fsp3) is 0. The predicted octanol–water partition coefficient (Wildman–Crippen LogP) is -4.74. The van der Waals surface area contributed by atoms with Gasteiger partial charge >= 0.3 is 51.9 Å². The summed E-state index contributed by atoms with van der Waals surface area (Å²) in [6.07, 6.45) is 0. The van der Waals surface area contributed by atoms with Gasteiger partial charge < -0.3 is 20.2 Å². The topological polar surface area (TPSA) is 111 Å². The molecule has 0 heterocycles. The summed E-state index contributed by atoms with van der Waals surface area (Å²) < 4.78 is 8.77. The molecule has 0 rings (SSSR count). The molecular weight excluding hydrogens is 242 g/mol. The predicted molar refractivity (Wildman–Crippen MR) is 14.0 cm³/mol. The van der Waals surface area contributed by atoms with E-state index in [4.69, 9.17) is 19.2 Å². The summed E-state index contributed by atoms with van der Waals surface area (Å²) in [6.45, 7) is 0. The minimum atomic E-state index is -4.89. The molecule has 8 heteroatoms. The molecule has 0 radical (unpaired) electrons.